The van der Waals surface area contributed by atoms with Crippen LogP contribution in [-0.4, -0.2) is 19.7 Å². The molecule has 0 saturated heterocycles. The van der Waals surface area contributed by atoms with Crippen molar-refractivity contribution in [3.63, 3.8) is 0 Å². The number of anilines is 1. The summed E-state index contributed by atoms with van der Waals surface area (Å²) in [6.45, 7) is 0.0896. The molecule has 6 nitrogen and oxygen atoms in total. The third-order valence-electron chi connectivity index (χ3n) is 3.25. The predicted octanol–water partition coefficient (Wildman–Crippen LogP) is 3.45. The molecular formula is C15H11F3IN5O. The Kier molecular flexibility index (Phi) is 4.79. The van der Waals surface area contributed by atoms with Crippen molar-refractivity contribution in [3.05, 3.63) is 57.6 Å². The van der Waals surface area contributed by atoms with E-state index in [4.69, 9.17) is 10.5 Å². The van der Waals surface area contributed by atoms with Crippen LogP contribution in [0.5, 0.6) is 5.88 Å². The lowest BCUT2D eigenvalue weighted by molar-refractivity contribution is -0.137. The first-order valence-electron chi connectivity index (χ1n) is 6.95. The second-order valence-corrected chi connectivity index (χ2v) is 6.15. The zero-order valence-electron chi connectivity index (χ0n) is 12.5. The third kappa shape index (κ3) is 4.18. The van der Waals surface area contributed by atoms with Crippen molar-refractivity contribution in [3.8, 4) is 11.6 Å². The van der Waals surface area contributed by atoms with E-state index in [0.29, 0.717) is 20.7 Å². The minimum Gasteiger partial charge on any atom is -0.473 e. The predicted molar refractivity (Wildman–Crippen MR) is 92.1 cm³/mol. The van der Waals surface area contributed by atoms with E-state index < -0.39 is 11.7 Å². The van der Waals surface area contributed by atoms with Gasteiger partial charge in [-0.2, -0.15) is 13.2 Å². The lowest BCUT2D eigenvalue weighted by atomic mass is 10.1. The lowest BCUT2D eigenvalue weighted by Gasteiger charge is -2.11. The van der Waals surface area contributed by atoms with E-state index in [0.717, 1.165) is 12.1 Å². The Morgan fingerprint density at radius 1 is 1.16 bits per heavy atom. The molecule has 0 aliphatic carbocycles. The van der Waals surface area contributed by atoms with E-state index in [1.807, 2.05) is 22.6 Å². The van der Waals surface area contributed by atoms with Crippen LogP contribution < -0.4 is 10.5 Å². The number of halogens is 4. The molecule has 10 heteroatoms. The quantitative estimate of drug-likeness (QED) is 0.603. The number of nitrogens with two attached hydrogens (primary N) is 1. The second kappa shape index (κ2) is 6.86. The highest BCUT2D eigenvalue weighted by molar-refractivity contribution is 14.1. The molecule has 130 valence electrons. The van der Waals surface area contributed by atoms with Gasteiger partial charge in [0.1, 0.15) is 12.9 Å². The van der Waals surface area contributed by atoms with E-state index in [9.17, 15) is 13.2 Å². The second-order valence-electron chi connectivity index (χ2n) is 4.99. The number of benzene rings is 1. The number of ether oxygens (including phenoxy) is 1. The Morgan fingerprint density at radius 3 is 2.60 bits per heavy atom. The maximum absolute atomic E-state index is 12.7. The summed E-state index contributed by atoms with van der Waals surface area (Å²) in [4.78, 5) is 7.91. The van der Waals surface area contributed by atoms with Gasteiger partial charge in [0.2, 0.25) is 11.8 Å². The fourth-order valence-corrected chi connectivity index (χ4v) is 2.68. The highest BCUT2D eigenvalue weighted by atomic mass is 127. The SMILES string of the molecule is Nc1ncn(-c2ccnc(OCc3ccc(C(F)(F)F)cc3I)c2)n1. The molecule has 0 bridgehead atoms. The van der Waals surface area contributed by atoms with Crippen LogP contribution in [0.1, 0.15) is 11.1 Å². The van der Waals surface area contributed by atoms with Crippen LogP contribution in [0, 0.1) is 3.57 Å². The molecule has 0 aliphatic heterocycles. The Morgan fingerprint density at radius 2 is 1.96 bits per heavy atom. The first-order valence-corrected chi connectivity index (χ1v) is 8.03. The average Bonchev–Trinajstić information content (AvgIpc) is 2.99. The molecule has 0 fully saturated rings. The Bertz CT molecular complexity index is 897. The summed E-state index contributed by atoms with van der Waals surface area (Å²) in [7, 11) is 0. The fraction of sp³-hybridized carbons (Fsp3) is 0.133. The van der Waals surface area contributed by atoms with Gasteiger partial charge in [0.25, 0.3) is 0 Å². The van der Waals surface area contributed by atoms with Crippen molar-refractivity contribution < 1.29 is 17.9 Å². The number of nitrogens with zero attached hydrogens (tertiary/aromatic N) is 4. The van der Waals surface area contributed by atoms with Gasteiger partial charge in [-0.15, -0.1) is 5.10 Å². The maximum Gasteiger partial charge on any atom is 0.416 e. The van der Waals surface area contributed by atoms with Crippen LogP contribution in [0.2, 0.25) is 0 Å². The lowest BCUT2D eigenvalue weighted by Crippen LogP contribution is -2.07. The standard InChI is InChI=1S/C15H11F3IN5O/c16-15(17,18)10-2-1-9(12(19)5-10)7-25-13-6-11(3-4-21-13)24-8-22-14(20)23-24/h1-6,8H,7H2,(H2,20,23). The molecule has 0 radical (unpaired) electrons. The molecule has 0 spiro atoms. The molecule has 0 amide bonds. The zero-order chi connectivity index (χ0) is 18.0. The summed E-state index contributed by atoms with van der Waals surface area (Å²) < 4.78 is 45.6. The summed E-state index contributed by atoms with van der Waals surface area (Å²) in [5.41, 5.74) is 6.07. The number of hydrogen-bond acceptors (Lipinski definition) is 5. The van der Waals surface area contributed by atoms with Gasteiger partial charge in [0.05, 0.1) is 11.3 Å². The number of pyridine rings is 1. The van der Waals surface area contributed by atoms with Gasteiger partial charge >= 0.3 is 6.18 Å². The number of aromatic nitrogens is 4. The van der Waals surface area contributed by atoms with Crippen LogP contribution in [0.4, 0.5) is 19.1 Å². The Hall–Kier alpha value is -2.37. The average molecular weight is 461 g/mol. The molecule has 0 atom stereocenters. The highest BCUT2D eigenvalue weighted by Gasteiger charge is 2.30. The normalized spacial score (nSPS) is 11.5. The van der Waals surface area contributed by atoms with Crippen LogP contribution >= 0.6 is 22.6 Å². The molecule has 1 aromatic carbocycles. The summed E-state index contributed by atoms with van der Waals surface area (Å²) in [5, 5.41) is 3.98. The summed E-state index contributed by atoms with van der Waals surface area (Å²) >= 11 is 1.85. The van der Waals surface area contributed by atoms with Crippen molar-refractivity contribution >= 4 is 28.5 Å². The molecule has 2 aromatic heterocycles. The topological polar surface area (TPSA) is 78.8 Å². The highest BCUT2D eigenvalue weighted by Crippen LogP contribution is 2.31. The van der Waals surface area contributed by atoms with Gasteiger partial charge in [0.15, 0.2) is 0 Å². The Balaban J connectivity index is 1.74. The molecule has 0 aliphatic rings. The minimum absolute atomic E-state index is 0.0896. The smallest absolute Gasteiger partial charge is 0.416 e. The van der Waals surface area contributed by atoms with E-state index in [1.165, 1.54) is 23.3 Å². The zero-order valence-corrected chi connectivity index (χ0v) is 14.7. The third-order valence-corrected chi connectivity index (χ3v) is 4.25. The van der Waals surface area contributed by atoms with E-state index >= 15 is 0 Å². The van der Waals surface area contributed by atoms with Crippen LogP contribution in [0.3, 0.4) is 0 Å². The van der Waals surface area contributed by atoms with E-state index in [2.05, 4.69) is 15.1 Å². The Labute approximate surface area is 154 Å². The minimum atomic E-state index is -4.37. The van der Waals surface area contributed by atoms with Crippen LogP contribution in [0.15, 0.2) is 42.9 Å². The van der Waals surface area contributed by atoms with Gasteiger partial charge < -0.3 is 10.5 Å². The maximum atomic E-state index is 12.7. The monoisotopic (exact) mass is 461 g/mol. The number of nitrogen functional groups attached to an aromatic ring is 1. The van der Waals surface area contributed by atoms with Gasteiger partial charge in [-0.05, 0) is 40.8 Å². The molecule has 3 rings (SSSR count). The fourth-order valence-electron chi connectivity index (χ4n) is 2.01. The van der Waals surface area contributed by atoms with Gasteiger partial charge in [-0.1, -0.05) is 6.07 Å². The van der Waals surface area contributed by atoms with Crippen molar-refractivity contribution in [2.45, 2.75) is 12.8 Å². The molecule has 0 unspecified atom stereocenters. The molecular weight excluding hydrogens is 450 g/mol. The van der Waals surface area contributed by atoms with Crippen LogP contribution in [0.25, 0.3) is 5.69 Å². The summed E-state index contributed by atoms with van der Waals surface area (Å²) in [6.07, 6.45) is -1.39. The van der Waals surface area contributed by atoms with E-state index in [-0.39, 0.29) is 12.6 Å². The summed E-state index contributed by atoms with van der Waals surface area (Å²) in [5.74, 6) is 0.445. The van der Waals surface area contributed by atoms with Crippen molar-refractivity contribution in [1.29, 1.82) is 0 Å². The van der Waals surface area contributed by atoms with Gasteiger partial charge in [0, 0.05) is 21.4 Å². The molecule has 3 aromatic rings. The van der Waals surface area contributed by atoms with Crippen molar-refractivity contribution in [1.82, 2.24) is 19.7 Å². The number of alkyl halides is 3. The largest absolute Gasteiger partial charge is 0.473 e. The van der Waals surface area contributed by atoms with E-state index in [1.54, 1.807) is 12.1 Å². The molecule has 2 heterocycles. The van der Waals surface area contributed by atoms with Crippen molar-refractivity contribution in [2.75, 3.05) is 5.73 Å². The number of hydrogen-bond donors (Lipinski definition) is 1. The van der Waals surface area contributed by atoms with Gasteiger partial charge in [-0.3, -0.25) is 0 Å². The first-order chi connectivity index (χ1) is 11.8. The van der Waals surface area contributed by atoms with Gasteiger partial charge in [-0.25, -0.2) is 14.6 Å². The number of rotatable bonds is 4. The summed E-state index contributed by atoms with van der Waals surface area (Å²) in [6, 6.07) is 6.84. The molecule has 2 N–H and O–H groups in total. The van der Waals surface area contributed by atoms with Crippen LogP contribution in [-0.2, 0) is 12.8 Å². The van der Waals surface area contributed by atoms with Crippen molar-refractivity contribution in [2.24, 2.45) is 0 Å². The molecule has 0 saturated carbocycles. The molecule has 25 heavy (non-hydrogen) atoms. The first kappa shape index (κ1) is 17.5.